The summed E-state index contributed by atoms with van der Waals surface area (Å²) in [5.41, 5.74) is 1.56. The first-order valence-corrected chi connectivity index (χ1v) is 12.1. The third-order valence-electron chi connectivity index (χ3n) is 5.05. The smallest absolute Gasteiger partial charge is 0.320 e. The first-order chi connectivity index (χ1) is 16.8. The van der Waals surface area contributed by atoms with Crippen LogP contribution in [0.25, 0.3) is 33.4 Å². The minimum absolute atomic E-state index is 0.0353. The molecule has 0 saturated heterocycles. The number of fused-ring (bicyclic) bond motifs is 2. The molecule has 0 bridgehead atoms. The van der Waals surface area contributed by atoms with E-state index in [1.807, 2.05) is 12.1 Å². The fourth-order valence-electron chi connectivity index (χ4n) is 3.65. The molecule has 5 aromatic rings. The Balaban J connectivity index is 0.000000917. The van der Waals surface area contributed by atoms with Gasteiger partial charge in [0.05, 0.1) is 21.9 Å². The standard InChI is InChI=1S/C23H15F2N3O3S.CH2Cl2/c1-12(29)19-14(20-26-15-7-3-4-8-16(15)28(20)23(24)25)11-32-22(19)27-21(30)18-10-13-6-2-5-9-17(13)31-18;2-1-3/h2-11,23H,1H3,(H,27,30);1H2. The van der Waals surface area contributed by atoms with Gasteiger partial charge >= 0.3 is 6.55 Å². The molecule has 3 aromatic heterocycles. The van der Waals surface area contributed by atoms with E-state index in [9.17, 15) is 18.4 Å². The first-order valence-electron chi connectivity index (χ1n) is 10.2. The van der Waals surface area contributed by atoms with Gasteiger partial charge < -0.3 is 9.73 Å². The van der Waals surface area contributed by atoms with E-state index in [1.54, 1.807) is 47.8 Å². The van der Waals surface area contributed by atoms with Crippen LogP contribution in [0.4, 0.5) is 13.8 Å². The number of imidazole rings is 1. The van der Waals surface area contributed by atoms with Crippen LogP contribution < -0.4 is 5.32 Å². The molecule has 0 unspecified atom stereocenters. The van der Waals surface area contributed by atoms with E-state index in [-0.39, 0.29) is 44.4 Å². The maximum atomic E-state index is 13.9. The quantitative estimate of drug-likeness (QED) is 0.184. The van der Waals surface area contributed by atoms with E-state index >= 15 is 0 Å². The van der Waals surface area contributed by atoms with Crippen LogP contribution in [0.15, 0.2) is 64.4 Å². The number of nitrogens with one attached hydrogen (secondary N) is 1. The lowest BCUT2D eigenvalue weighted by Crippen LogP contribution is -2.12. The molecule has 35 heavy (non-hydrogen) atoms. The second-order valence-corrected chi connectivity index (χ2v) is 8.87. The van der Waals surface area contributed by atoms with Crippen molar-refractivity contribution in [3.63, 3.8) is 0 Å². The van der Waals surface area contributed by atoms with Crippen LogP contribution in [0.5, 0.6) is 0 Å². The van der Waals surface area contributed by atoms with Crippen LogP contribution >= 0.6 is 34.5 Å². The number of hydrogen-bond donors (Lipinski definition) is 1. The van der Waals surface area contributed by atoms with Gasteiger partial charge in [0.25, 0.3) is 5.91 Å². The third-order valence-corrected chi connectivity index (χ3v) is 5.95. The third kappa shape index (κ3) is 4.93. The highest BCUT2D eigenvalue weighted by Gasteiger charge is 2.26. The number of nitrogens with zero attached hydrogens (tertiary/aromatic N) is 2. The second-order valence-electron chi connectivity index (χ2n) is 7.19. The van der Waals surface area contributed by atoms with Gasteiger partial charge in [0.1, 0.15) is 16.4 Å². The first kappa shape index (κ1) is 24.8. The summed E-state index contributed by atoms with van der Waals surface area (Å²) >= 11 is 10.6. The Bertz CT molecular complexity index is 1490. The Morgan fingerprint density at radius 3 is 2.51 bits per heavy atom. The molecule has 0 aliphatic carbocycles. The van der Waals surface area contributed by atoms with Crippen LogP contribution in [0.2, 0.25) is 0 Å². The van der Waals surface area contributed by atoms with Crippen molar-refractivity contribution in [2.75, 3.05) is 10.7 Å². The topological polar surface area (TPSA) is 77.1 Å². The minimum Gasteiger partial charge on any atom is -0.451 e. The van der Waals surface area contributed by atoms with Crippen molar-refractivity contribution in [3.05, 3.63) is 71.3 Å². The highest BCUT2D eigenvalue weighted by atomic mass is 35.5. The number of anilines is 1. The number of aromatic nitrogens is 2. The van der Waals surface area contributed by atoms with Crippen molar-refractivity contribution in [1.82, 2.24) is 9.55 Å². The zero-order valence-corrected chi connectivity index (χ0v) is 20.4. The highest BCUT2D eigenvalue weighted by molar-refractivity contribution is 7.15. The molecule has 0 aliphatic rings. The summed E-state index contributed by atoms with van der Waals surface area (Å²) in [7, 11) is 0. The van der Waals surface area contributed by atoms with Crippen molar-refractivity contribution in [2.24, 2.45) is 0 Å². The molecule has 6 nitrogen and oxygen atoms in total. The summed E-state index contributed by atoms with van der Waals surface area (Å²) in [6.45, 7) is -1.54. The molecule has 180 valence electrons. The summed E-state index contributed by atoms with van der Waals surface area (Å²) in [4.78, 5) is 29.6. The molecule has 11 heteroatoms. The summed E-state index contributed by atoms with van der Waals surface area (Å²) in [6.07, 6.45) is 0. The number of ketones is 1. The zero-order chi connectivity index (χ0) is 25.1. The predicted molar refractivity (Wildman–Crippen MR) is 135 cm³/mol. The van der Waals surface area contributed by atoms with Gasteiger partial charge in [-0.25, -0.2) is 4.98 Å². The molecule has 1 amide bonds. The monoisotopic (exact) mass is 535 g/mol. The van der Waals surface area contributed by atoms with Gasteiger partial charge in [-0.1, -0.05) is 30.3 Å². The SMILES string of the molecule is CC(=O)c1c(-c2nc3ccccc3n2C(F)F)csc1NC(=O)c1cc2ccccc2o1.ClCCl. The molecule has 0 radical (unpaired) electrons. The average molecular weight is 536 g/mol. The molecular formula is C24H17Cl2F2N3O3S. The number of rotatable bonds is 5. The number of amides is 1. The molecule has 2 aromatic carbocycles. The number of carbonyl (C=O) groups is 2. The van der Waals surface area contributed by atoms with E-state index in [1.165, 1.54) is 6.92 Å². The lowest BCUT2D eigenvalue weighted by molar-refractivity contribution is 0.0763. The zero-order valence-electron chi connectivity index (χ0n) is 18.1. The number of alkyl halides is 4. The number of furan rings is 1. The predicted octanol–water partition coefficient (Wildman–Crippen LogP) is 7.78. The minimum atomic E-state index is -2.86. The summed E-state index contributed by atoms with van der Waals surface area (Å²) in [5, 5.41) is 5.43. The van der Waals surface area contributed by atoms with Crippen LogP contribution in [-0.2, 0) is 0 Å². The highest BCUT2D eigenvalue weighted by Crippen LogP contribution is 2.39. The van der Waals surface area contributed by atoms with Gasteiger partial charge in [0.2, 0.25) is 0 Å². The van der Waals surface area contributed by atoms with Crippen LogP contribution in [0.3, 0.4) is 0 Å². The molecule has 0 atom stereocenters. The van der Waals surface area contributed by atoms with E-state index < -0.39 is 12.5 Å². The van der Waals surface area contributed by atoms with Gasteiger partial charge in [-0.05, 0) is 31.2 Å². The molecule has 0 fully saturated rings. The van der Waals surface area contributed by atoms with Crippen molar-refractivity contribution in [3.8, 4) is 11.4 Å². The second kappa shape index (κ2) is 10.6. The van der Waals surface area contributed by atoms with Gasteiger partial charge in [-0.3, -0.25) is 14.2 Å². The Kier molecular flexibility index (Phi) is 7.49. The summed E-state index contributed by atoms with van der Waals surface area (Å²) < 4.78 is 34.2. The van der Waals surface area contributed by atoms with Gasteiger partial charge in [-0.2, -0.15) is 8.78 Å². The Hall–Kier alpha value is -3.27. The van der Waals surface area contributed by atoms with E-state index in [0.29, 0.717) is 11.1 Å². The van der Waals surface area contributed by atoms with Crippen molar-refractivity contribution in [1.29, 1.82) is 0 Å². The largest absolute Gasteiger partial charge is 0.451 e. The molecule has 1 N–H and O–H groups in total. The van der Waals surface area contributed by atoms with Gasteiger partial charge in [-0.15, -0.1) is 34.5 Å². The number of hydrogen-bond acceptors (Lipinski definition) is 5. The van der Waals surface area contributed by atoms with Crippen molar-refractivity contribution in [2.45, 2.75) is 13.5 Å². The number of benzene rings is 2. The van der Waals surface area contributed by atoms with E-state index in [2.05, 4.69) is 10.3 Å². The molecule has 0 aliphatic heterocycles. The number of carbonyl (C=O) groups excluding carboxylic acids is 2. The Morgan fingerprint density at radius 1 is 1.14 bits per heavy atom. The van der Waals surface area contributed by atoms with Crippen LogP contribution in [0, 0.1) is 0 Å². The maximum Gasteiger partial charge on any atom is 0.320 e. The molecular weight excluding hydrogens is 519 g/mol. The van der Waals surface area contributed by atoms with Crippen LogP contribution in [-0.4, -0.2) is 26.6 Å². The number of halogens is 4. The number of Topliss-reactive ketones (excluding diaryl/α,β-unsaturated/α-hetero) is 1. The summed E-state index contributed by atoms with van der Waals surface area (Å²) in [5.74, 6) is -0.879. The fourth-order valence-corrected chi connectivity index (χ4v) is 4.64. The number of thiophene rings is 1. The maximum absolute atomic E-state index is 13.9. The van der Waals surface area contributed by atoms with Crippen molar-refractivity contribution < 1.29 is 22.8 Å². The lowest BCUT2D eigenvalue weighted by atomic mass is 10.1. The Labute approximate surface area is 212 Å². The molecule has 5 rings (SSSR count). The average Bonchev–Trinajstić information content (AvgIpc) is 3.53. The fraction of sp³-hybridized carbons (Fsp3) is 0.125. The normalized spacial score (nSPS) is 11.0. The molecule has 0 saturated carbocycles. The van der Waals surface area contributed by atoms with Gasteiger partial charge in [0.15, 0.2) is 11.5 Å². The van der Waals surface area contributed by atoms with E-state index in [4.69, 9.17) is 27.6 Å². The van der Waals surface area contributed by atoms with Gasteiger partial charge in [0, 0.05) is 16.3 Å². The summed E-state index contributed by atoms with van der Waals surface area (Å²) in [6, 6.07) is 15.3. The van der Waals surface area contributed by atoms with Crippen molar-refractivity contribution >= 4 is 73.2 Å². The lowest BCUT2D eigenvalue weighted by Gasteiger charge is -2.09. The van der Waals surface area contributed by atoms with E-state index in [0.717, 1.165) is 21.3 Å². The molecule has 0 spiro atoms. The molecule has 3 heterocycles. The number of para-hydroxylation sites is 3. The van der Waals surface area contributed by atoms with Crippen LogP contribution in [0.1, 0.15) is 34.4 Å². The Morgan fingerprint density at radius 2 is 1.83 bits per heavy atom.